The molecule has 84 valence electrons. The standard InChI is InChI=1S/C11H20N4/c1-5-12-6-7-15(4)11-8-13-9(2)10(3)14-11/h8,12H,5-7H2,1-4H3. The molecule has 0 amide bonds. The lowest BCUT2D eigenvalue weighted by Crippen LogP contribution is -2.29. The van der Waals surface area contributed by atoms with Gasteiger partial charge in [-0.1, -0.05) is 6.92 Å². The Morgan fingerprint density at radius 2 is 2.07 bits per heavy atom. The van der Waals surface area contributed by atoms with Crippen molar-refractivity contribution in [3.8, 4) is 0 Å². The van der Waals surface area contributed by atoms with Gasteiger partial charge < -0.3 is 10.2 Å². The molecule has 0 fully saturated rings. The van der Waals surface area contributed by atoms with Crippen molar-refractivity contribution in [2.24, 2.45) is 0 Å². The van der Waals surface area contributed by atoms with Crippen LogP contribution in [0.2, 0.25) is 0 Å². The van der Waals surface area contributed by atoms with Crippen molar-refractivity contribution in [3.05, 3.63) is 17.6 Å². The lowest BCUT2D eigenvalue weighted by molar-refractivity contribution is 0.701. The average molecular weight is 208 g/mol. The van der Waals surface area contributed by atoms with Gasteiger partial charge in [0.05, 0.1) is 17.6 Å². The lowest BCUT2D eigenvalue weighted by Gasteiger charge is -2.18. The van der Waals surface area contributed by atoms with E-state index < -0.39 is 0 Å². The van der Waals surface area contributed by atoms with E-state index in [1.807, 2.05) is 27.1 Å². The number of nitrogens with one attached hydrogen (secondary N) is 1. The van der Waals surface area contributed by atoms with Gasteiger partial charge in [0, 0.05) is 20.1 Å². The zero-order valence-corrected chi connectivity index (χ0v) is 10.0. The van der Waals surface area contributed by atoms with Crippen LogP contribution < -0.4 is 10.2 Å². The first-order valence-corrected chi connectivity index (χ1v) is 5.37. The number of likely N-dealkylation sites (N-methyl/N-ethyl adjacent to an activating group) is 2. The van der Waals surface area contributed by atoms with E-state index in [4.69, 9.17) is 0 Å². The third kappa shape index (κ3) is 3.47. The van der Waals surface area contributed by atoms with Gasteiger partial charge in [0.2, 0.25) is 0 Å². The summed E-state index contributed by atoms with van der Waals surface area (Å²) in [4.78, 5) is 10.9. The first kappa shape index (κ1) is 11.9. The fraction of sp³-hybridized carbons (Fsp3) is 0.636. The molecule has 0 spiro atoms. The van der Waals surface area contributed by atoms with E-state index in [0.29, 0.717) is 0 Å². The Morgan fingerprint density at radius 1 is 1.33 bits per heavy atom. The summed E-state index contributed by atoms with van der Waals surface area (Å²) >= 11 is 0. The number of aromatic nitrogens is 2. The Bertz CT molecular complexity index is 311. The first-order chi connectivity index (χ1) is 7.15. The zero-order valence-electron chi connectivity index (χ0n) is 10.0. The van der Waals surface area contributed by atoms with Crippen LogP contribution in [0.15, 0.2) is 6.20 Å². The Hall–Kier alpha value is -1.16. The largest absolute Gasteiger partial charge is 0.357 e. The predicted octanol–water partition coefficient (Wildman–Crippen LogP) is 1.14. The number of anilines is 1. The van der Waals surface area contributed by atoms with Crippen LogP contribution in [0.4, 0.5) is 5.82 Å². The minimum absolute atomic E-state index is 0.941. The Kier molecular flexibility index (Phi) is 4.49. The predicted molar refractivity (Wildman–Crippen MR) is 63.3 cm³/mol. The highest BCUT2D eigenvalue weighted by Gasteiger charge is 2.03. The van der Waals surface area contributed by atoms with E-state index >= 15 is 0 Å². The molecule has 0 unspecified atom stereocenters. The summed E-state index contributed by atoms with van der Waals surface area (Å²) < 4.78 is 0. The molecule has 1 N–H and O–H groups in total. The highest BCUT2D eigenvalue weighted by molar-refractivity contribution is 5.36. The van der Waals surface area contributed by atoms with Gasteiger partial charge in [-0.3, -0.25) is 4.98 Å². The highest BCUT2D eigenvalue weighted by atomic mass is 15.2. The summed E-state index contributed by atoms with van der Waals surface area (Å²) in [6.45, 7) is 9.00. The minimum Gasteiger partial charge on any atom is -0.357 e. The molecule has 0 aromatic carbocycles. The van der Waals surface area contributed by atoms with E-state index in [2.05, 4.69) is 27.1 Å². The van der Waals surface area contributed by atoms with E-state index in [1.165, 1.54) is 0 Å². The second kappa shape index (κ2) is 5.66. The molecule has 0 saturated heterocycles. The molecule has 1 aromatic rings. The highest BCUT2D eigenvalue weighted by Crippen LogP contribution is 2.09. The van der Waals surface area contributed by atoms with Gasteiger partial charge in [0.25, 0.3) is 0 Å². The molecule has 0 saturated carbocycles. The summed E-state index contributed by atoms with van der Waals surface area (Å²) in [6, 6.07) is 0. The molecule has 1 rings (SSSR count). The van der Waals surface area contributed by atoms with Crippen LogP contribution in [0.1, 0.15) is 18.3 Å². The average Bonchev–Trinajstić information content (AvgIpc) is 2.22. The van der Waals surface area contributed by atoms with Crippen molar-refractivity contribution in [1.82, 2.24) is 15.3 Å². The van der Waals surface area contributed by atoms with Gasteiger partial charge in [0.15, 0.2) is 0 Å². The van der Waals surface area contributed by atoms with E-state index in [1.54, 1.807) is 0 Å². The Balaban J connectivity index is 2.57. The van der Waals surface area contributed by atoms with Crippen LogP contribution in [0, 0.1) is 13.8 Å². The molecule has 0 aliphatic carbocycles. The van der Waals surface area contributed by atoms with Gasteiger partial charge in [0.1, 0.15) is 5.82 Å². The molecule has 15 heavy (non-hydrogen) atoms. The molecule has 1 aromatic heterocycles. The summed E-state index contributed by atoms with van der Waals surface area (Å²) in [5.41, 5.74) is 2.00. The van der Waals surface area contributed by atoms with Crippen molar-refractivity contribution >= 4 is 5.82 Å². The molecule has 0 bridgehead atoms. The van der Waals surface area contributed by atoms with Gasteiger partial charge in [-0.25, -0.2) is 4.98 Å². The van der Waals surface area contributed by atoms with E-state index in [9.17, 15) is 0 Å². The number of hydrogen-bond acceptors (Lipinski definition) is 4. The van der Waals surface area contributed by atoms with Gasteiger partial charge in [-0.2, -0.15) is 0 Å². The fourth-order valence-corrected chi connectivity index (χ4v) is 1.25. The Labute approximate surface area is 91.7 Å². The monoisotopic (exact) mass is 208 g/mol. The van der Waals surface area contributed by atoms with Crippen molar-refractivity contribution in [2.75, 3.05) is 31.6 Å². The molecule has 0 radical (unpaired) electrons. The lowest BCUT2D eigenvalue weighted by atomic mass is 10.3. The second-order valence-corrected chi connectivity index (χ2v) is 3.67. The number of aryl methyl sites for hydroxylation is 2. The SMILES string of the molecule is CCNCCN(C)c1cnc(C)c(C)n1. The topological polar surface area (TPSA) is 41.0 Å². The smallest absolute Gasteiger partial charge is 0.147 e. The number of nitrogens with zero attached hydrogens (tertiary/aromatic N) is 3. The second-order valence-electron chi connectivity index (χ2n) is 3.67. The van der Waals surface area contributed by atoms with Crippen LogP contribution in [0.25, 0.3) is 0 Å². The van der Waals surface area contributed by atoms with Crippen LogP contribution >= 0.6 is 0 Å². The molecule has 4 nitrogen and oxygen atoms in total. The van der Waals surface area contributed by atoms with Crippen LogP contribution in [0.5, 0.6) is 0 Å². The molecule has 0 aliphatic rings. The van der Waals surface area contributed by atoms with Crippen LogP contribution in [-0.4, -0.2) is 36.6 Å². The molecule has 0 atom stereocenters. The minimum atomic E-state index is 0.941. The molecule has 1 heterocycles. The molecule has 0 aliphatic heterocycles. The number of hydrogen-bond donors (Lipinski definition) is 1. The van der Waals surface area contributed by atoms with Crippen molar-refractivity contribution < 1.29 is 0 Å². The molecular weight excluding hydrogens is 188 g/mol. The summed E-state index contributed by atoms with van der Waals surface area (Å²) in [7, 11) is 2.04. The van der Waals surface area contributed by atoms with Crippen molar-refractivity contribution in [2.45, 2.75) is 20.8 Å². The van der Waals surface area contributed by atoms with E-state index in [-0.39, 0.29) is 0 Å². The maximum atomic E-state index is 4.49. The van der Waals surface area contributed by atoms with Crippen molar-refractivity contribution in [3.63, 3.8) is 0 Å². The maximum Gasteiger partial charge on any atom is 0.147 e. The summed E-state index contributed by atoms with van der Waals surface area (Å²) in [5, 5.41) is 3.29. The normalized spacial score (nSPS) is 10.4. The first-order valence-electron chi connectivity index (χ1n) is 5.37. The molecule has 4 heteroatoms. The van der Waals surface area contributed by atoms with Crippen molar-refractivity contribution in [1.29, 1.82) is 0 Å². The fourth-order valence-electron chi connectivity index (χ4n) is 1.25. The quantitative estimate of drug-likeness (QED) is 0.737. The van der Waals surface area contributed by atoms with Crippen LogP contribution in [0.3, 0.4) is 0 Å². The third-order valence-electron chi connectivity index (χ3n) is 2.44. The van der Waals surface area contributed by atoms with E-state index in [0.717, 1.165) is 36.8 Å². The van der Waals surface area contributed by atoms with Gasteiger partial charge in [-0.05, 0) is 20.4 Å². The third-order valence-corrected chi connectivity index (χ3v) is 2.44. The summed E-state index contributed by atoms with van der Waals surface area (Å²) in [5.74, 6) is 0.941. The van der Waals surface area contributed by atoms with Crippen LogP contribution in [-0.2, 0) is 0 Å². The maximum absolute atomic E-state index is 4.49. The summed E-state index contributed by atoms with van der Waals surface area (Å²) in [6.07, 6.45) is 1.83. The zero-order chi connectivity index (χ0) is 11.3. The Morgan fingerprint density at radius 3 is 2.67 bits per heavy atom. The molecular formula is C11H20N4. The number of rotatable bonds is 5. The van der Waals surface area contributed by atoms with Gasteiger partial charge in [-0.15, -0.1) is 0 Å². The van der Waals surface area contributed by atoms with Gasteiger partial charge >= 0.3 is 0 Å².